The van der Waals surface area contributed by atoms with Gasteiger partial charge in [-0.1, -0.05) is 0 Å². The van der Waals surface area contributed by atoms with Gasteiger partial charge in [0.25, 0.3) is 0 Å². The van der Waals surface area contributed by atoms with E-state index >= 15 is 0 Å². The number of hydrogen-bond acceptors (Lipinski definition) is 9. The molecule has 0 amide bonds. The SMILES string of the molecule is O=[N+]([O-])c1ccc(/C=C/c2cnc(N(CO)CO)nn2)o1. The van der Waals surface area contributed by atoms with Crippen LogP contribution in [0.4, 0.5) is 11.8 Å². The van der Waals surface area contributed by atoms with E-state index in [9.17, 15) is 10.1 Å². The normalized spacial score (nSPS) is 11.0. The number of hydrogen-bond donors (Lipinski definition) is 2. The van der Waals surface area contributed by atoms with E-state index in [-0.39, 0.29) is 11.8 Å². The maximum atomic E-state index is 10.5. The summed E-state index contributed by atoms with van der Waals surface area (Å²) in [5, 5.41) is 35.8. The van der Waals surface area contributed by atoms with Crippen molar-refractivity contribution in [2.45, 2.75) is 0 Å². The molecular formula is C11H11N5O5. The number of rotatable bonds is 6. The molecule has 0 saturated carbocycles. The highest BCUT2D eigenvalue weighted by atomic mass is 16.6. The molecule has 0 unspecified atom stereocenters. The standard InChI is InChI=1S/C11H11N5O5/c17-6-15(7-18)11-12-5-8(13-14-11)1-2-9-3-4-10(21-9)16(19)20/h1-5,17-18H,6-7H2/b2-1+. The van der Waals surface area contributed by atoms with Gasteiger partial charge in [0.15, 0.2) is 0 Å². The highest BCUT2D eigenvalue weighted by Crippen LogP contribution is 2.17. The maximum Gasteiger partial charge on any atom is 0.433 e. The minimum atomic E-state index is -0.633. The minimum Gasteiger partial charge on any atom is -0.401 e. The molecule has 0 radical (unpaired) electrons. The van der Waals surface area contributed by atoms with Gasteiger partial charge in [-0.15, -0.1) is 10.2 Å². The zero-order chi connectivity index (χ0) is 15.2. The Bertz CT molecular complexity index is 635. The van der Waals surface area contributed by atoms with E-state index in [0.717, 1.165) is 4.90 Å². The smallest absolute Gasteiger partial charge is 0.401 e. The van der Waals surface area contributed by atoms with Crippen LogP contribution in [0.15, 0.2) is 22.7 Å². The molecule has 0 spiro atoms. The molecule has 0 fully saturated rings. The lowest BCUT2D eigenvalue weighted by Gasteiger charge is -2.14. The molecular weight excluding hydrogens is 282 g/mol. The third kappa shape index (κ3) is 3.58. The van der Waals surface area contributed by atoms with Crippen molar-refractivity contribution < 1.29 is 19.6 Å². The molecule has 0 atom stereocenters. The number of aliphatic hydroxyl groups excluding tert-OH is 2. The second kappa shape index (κ2) is 6.54. The molecule has 2 aromatic rings. The van der Waals surface area contributed by atoms with Crippen LogP contribution in [-0.4, -0.2) is 43.8 Å². The monoisotopic (exact) mass is 293 g/mol. The maximum absolute atomic E-state index is 10.5. The lowest BCUT2D eigenvalue weighted by Crippen LogP contribution is -2.27. The van der Waals surface area contributed by atoms with Crippen LogP contribution in [0.5, 0.6) is 0 Å². The van der Waals surface area contributed by atoms with E-state index < -0.39 is 18.4 Å². The Kier molecular flexibility index (Phi) is 4.53. The Hall–Kier alpha value is -2.85. The highest BCUT2D eigenvalue weighted by molar-refractivity contribution is 5.65. The van der Waals surface area contributed by atoms with Gasteiger partial charge in [0.1, 0.15) is 29.8 Å². The van der Waals surface area contributed by atoms with Gasteiger partial charge in [0.2, 0.25) is 5.95 Å². The van der Waals surface area contributed by atoms with Crippen LogP contribution in [0.2, 0.25) is 0 Å². The Morgan fingerprint density at radius 2 is 2.05 bits per heavy atom. The number of nitro groups is 1. The van der Waals surface area contributed by atoms with Crippen molar-refractivity contribution in [2.75, 3.05) is 18.4 Å². The predicted octanol–water partition coefficient (Wildman–Crippen LogP) is 0.249. The fourth-order valence-electron chi connectivity index (χ4n) is 1.37. The largest absolute Gasteiger partial charge is 0.433 e. The summed E-state index contributed by atoms with van der Waals surface area (Å²) in [6, 6.07) is 2.69. The van der Waals surface area contributed by atoms with Crippen LogP contribution in [0.25, 0.3) is 12.2 Å². The Morgan fingerprint density at radius 3 is 2.57 bits per heavy atom. The molecule has 10 heteroatoms. The van der Waals surface area contributed by atoms with Crippen LogP contribution in [0.3, 0.4) is 0 Å². The molecule has 2 rings (SSSR count). The lowest BCUT2D eigenvalue weighted by atomic mass is 10.3. The lowest BCUT2D eigenvalue weighted by molar-refractivity contribution is -0.402. The van der Waals surface area contributed by atoms with Crippen molar-refractivity contribution in [3.05, 3.63) is 39.9 Å². The zero-order valence-electron chi connectivity index (χ0n) is 10.7. The van der Waals surface area contributed by atoms with Gasteiger partial charge in [0, 0.05) is 0 Å². The van der Waals surface area contributed by atoms with Crippen LogP contribution in [0, 0.1) is 10.1 Å². The van der Waals surface area contributed by atoms with Crippen LogP contribution in [0.1, 0.15) is 11.5 Å². The molecule has 110 valence electrons. The predicted molar refractivity (Wildman–Crippen MR) is 70.8 cm³/mol. The Labute approximate surface area is 118 Å². The molecule has 0 aliphatic heterocycles. The molecule has 0 saturated heterocycles. The van der Waals surface area contributed by atoms with Gasteiger partial charge in [-0.05, 0) is 18.2 Å². The molecule has 0 aromatic carbocycles. The fraction of sp³-hybridized carbons (Fsp3) is 0.182. The third-order valence-electron chi connectivity index (χ3n) is 2.40. The van der Waals surface area contributed by atoms with Crippen molar-refractivity contribution in [2.24, 2.45) is 0 Å². The van der Waals surface area contributed by atoms with E-state index in [4.69, 9.17) is 14.6 Å². The number of furan rings is 1. The second-order valence-corrected chi connectivity index (χ2v) is 3.77. The molecule has 0 aliphatic rings. The molecule has 2 aromatic heterocycles. The van der Waals surface area contributed by atoms with E-state index in [0.29, 0.717) is 11.5 Å². The molecule has 2 heterocycles. The minimum absolute atomic E-state index is 0.0748. The van der Waals surface area contributed by atoms with Gasteiger partial charge in [-0.3, -0.25) is 15.0 Å². The Morgan fingerprint density at radius 1 is 1.29 bits per heavy atom. The van der Waals surface area contributed by atoms with Crippen molar-refractivity contribution in [3.63, 3.8) is 0 Å². The summed E-state index contributed by atoms with van der Waals surface area (Å²) in [6.45, 7) is -0.882. The number of anilines is 1. The quantitative estimate of drug-likeness (QED) is 0.435. The van der Waals surface area contributed by atoms with E-state index in [2.05, 4.69) is 15.2 Å². The van der Waals surface area contributed by atoms with Gasteiger partial charge in [-0.25, -0.2) is 4.98 Å². The van der Waals surface area contributed by atoms with E-state index in [1.807, 2.05) is 0 Å². The van der Waals surface area contributed by atoms with Crippen molar-refractivity contribution in [3.8, 4) is 0 Å². The third-order valence-corrected chi connectivity index (χ3v) is 2.40. The Balaban J connectivity index is 2.08. The molecule has 0 bridgehead atoms. The van der Waals surface area contributed by atoms with Crippen LogP contribution in [-0.2, 0) is 0 Å². The molecule has 10 nitrogen and oxygen atoms in total. The molecule has 2 N–H and O–H groups in total. The van der Waals surface area contributed by atoms with Crippen molar-refractivity contribution in [1.29, 1.82) is 0 Å². The number of nitrogens with zero attached hydrogens (tertiary/aromatic N) is 5. The fourth-order valence-corrected chi connectivity index (χ4v) is 1.37. The summed E-state index contributed by atoms with van der Waals surface area (Å²) in [5.74, 6) is 0.0152. The summed E-state index contributed by atoms with van der Waals surface area (Å²) in [6.07, 6.45) is 4.36. The highest BCUT2D eigenvalue weighted by Gasteiger charge is 2.10. The zero-order valence-corrected chi connectivity index (χ0v) is 10.7. The summed E-state index contributed by atoms with van der Waals surface area (Å²) in [7, 11) is 0. The van der Waals surface area contributed by atoms with Crippen LogP contribution < -0.4 is 4.90 Å². The van der Waals surface area contributed by atoms with Crippen molar-refractivity contribution in [1.82, 2.24) is 15.2 Å². The summed E-state index contributed by atoms with van der Waals surface area (Å²) < 4.78 is 4.93. The molecule has 0 aliphatic carbocycles. The summed E-state index contributed by atoms with van der Waals surface area (Å²) >= 11 is 0. The first-order valence-corrected chi connectivity index (χ1v) is 5.72. The first kappa shape index (κ1) is 14.6. The average Bonchev–Trinajstić information content (AvgIpc) is 2.97. The first-order chi connectivity index (χ1) is 10.1. The van der Waals surface area contributed by atoms with Crippen LogP contribution >= 0.6 is 0 Å². The molecule has 21 heavy (non-hydrogen) atoms. The number of aromatic nitrogens is 3. The van der Waals surface area contributed by atoms with Gasteiger partial charge in [-0.2, -0.15) is 0 Å². The second-order valence-electron chi connectivity index (χ2n) is 3.77. The first-order valence-electron chi connectivity index (χ1n) is 5.72. The average molecular weight is 293 g/mol. The van der Waals surface area contributed by atoms with Gasteiger partial charge in [0.05, 0.1) is 12.3 Å². The summed E-state index contributed by atoms with van der Waals surface area (Å²) in [5.41, 5.74) is 0.383. The van der Waals surface area contributed by atoms with E-state index in [1.165, 1.54) is 30.5 Å². The topological polar surface area (TPSA) is 139 Å². The van der Waals surface area contributed by atoms with Crippen molar-refractivity contribution >= 4 is 24.0 Å². The van der Waals surface area contributed by atoms with E-state index in [1.54, 1.807) is 0 Å². The number of aliphatic hydroxyl groups is 2. The van der Waals surface area contributed by atoms with Gasteiger partial charge >= 0.3 is 5.88 Å². The summed E-state index contributed by atoms with van der Waals surface area (Å²) in [4.78, 5) is 14.8. The van der Waals surface area contributed by atoms with Gasteiger partial charge < -0.3 is 14.6 Å².